The molecule has 2 fully saturated rings. The molecule has 19 heavy (non-hydrogen) atoms. The van der Waals surface area contributed by atoms with E-state index in [1.165, 1.54) is 0 Å². The summed E-state index contributed by atoms with van der Waals surface area (Å²) in [5.74, 6) is 0.711. The Morgan fingerprint density at radius 1 is 1.21 bits per heavy atom. The second-order valence-corrected chi connectivity index (χ2v) is 5.84. The van der Waals surface area contributed by atoms with Crippen molar-refractivity contribution in [3.8, 4) is 0 Å². The van der Waals surface area contributed by atoms with Gasteiger partial charge in [0.15, 0.2) is 0 Å². The minimum absolute atomic E-state index is 0.0190. The van der Waals surface area contributed by atoms with Gasteiger partial charge in [-0.2, -0.15) is 0 Å². The first-order valence-corrected chi connectivity index (χ1v) is 7.04. The van der Waals surface area contributed by atoms with Crippen molar-refractivity contribution < 1.29 is 4.74 Å². The van der Waals surface area contributed by atoms with Gasteiger partial charge in [0, 0.05) is 26.2 Å². The fourth-order valence-corrected chi connectivity index (χ4v) is 2.84. The predicted molar refractivity (Wildman–Crippen MR) is 77.4 cm³/mol. The summed E-state index contributed by atoms with van der Waals surface area (Å²) in [4.78, 5) is 4.49. The van der Waals surface area contributed by atoms with Crippen LogP contribution in [0.15, 0.2) is 23.1 Å². The number of ether oxygens (including phenoxy) is 1. The van der Waals surface area contributed by atoms with Crippen molar-refractivity contribution in [1.82, 2.24) is 9.80 Å². The minimum atomic E-state index is 0.0190. The molecule has 0 aromatic heterocycles. The van der Waals surface area contributed by atoms with Crippen LogP contribution in [0.2, 0.25) is 0 Å². The molecule has 108 valence electrons. The number of piperidine rings is 1. The van der Waals surface area contributed by atoms with E-state index in [-0.39, 0.29) is 10.8 Å². The van der Waals surface area contributed by atoms with E-state index < -0.39 is 0 Å². The highest BCUT2D eigenvalue weighted by Crippen LogP contribution is 2.30. The van der Waals surface area contributed by atoms with E-state index >= 15 is 0 Å². The van der Waals surface area contributed by atoms with E-state index in [4.69, 9.17) is 27.8 Å². The number of morpholine rings is 1. The van der Waals surface area contributed by atoms with Crippen LogP contribution in [0.3, 0.4) is 0 Å². The van der Waals surface area contributed by atoms with Crippen LogP contribution in [0.1, 0.15) is 12.8 Å². The van der Waals surface area contributed by atoms with Crippen LogP contribution in [0.5, 0.6) is 0 Å². The van der Waals surface area contributed by atoms with Crippen molar-refractivity contribution in [3.05, 3.63) is 23.1 Å². The Morgan fingerprint density at radius 3 is 2.47 bits per heavy atom. The number of rotatable bonds is 2. The molecule has 2 rings (SSSR count). The van der Waals surface area contributed by atoms with Gasteiger partial charge in [-0.1, -0.05) is 11.6 Å². The lowest BCUT2D eigenvalue weighted by Gasteiger charge is -2.47. The van der Waals surface area contributed by atoms with Gasteiger partial charge in [0.25, 0.3) is 0 Å². The van der Waals surface area contributed by atoms with Gasteiger partial charge < -0.3 is 26.0 Å². The molecular weight excluding hydrogens is 264 g/mol. The fourth-order valence-electron chi connectivity index (χ4n) is 2.78. The van der Waals surface area contributed by atoms with Crippen LogP contribution in [0.25, 0.3) is 0 Å². The van der Waals surface area contributed by atoms with Crippen molar-refractivity contribution in [2.24, 2.45) is 11.5 Å². The molecule has 6 heteroatoms. The molecule has 0 bridgehead atoms. The zero-order chi connectivity index (χ0) is 13.9. The Kier molecular flexibility index (Phi) is 4.60. The van der Waals surface area contributed by atoms with Crippen LogP contribution in [0.4, 0.5) is 0 Å². The van der Waals surface area contributed by atoms with Gasteiger partial charge in [-0.05, 0) is 32.0 Å². The summed E-state index contributed by atoms with van der Waals surface area (Å²) in [6.07, 6.45) is 5.39. The van der Waals surface area contributed by atoms with Crippen molar-refractivity contribution in [3.63, 3.8) is 0 Å². The van der Waals surface area contributed by atoms with Crippen LogP contribution in [-0.2, 0) is 4.74 Å². The summed E-state index contributed by atoms with van der Waals surface area (Å²) >= 11 is 5.59. The van der Waals surface area contributed by atoms with Crippen LogP contribution >= 0.6 is 11.6 Å². The molecule has 0 atom stereocenters. The highest BCUT2D eigenvalue weighted by Gasteiger charge is 2.38. The average Bonchev–Trinajstić information content (AvgIpc) is 2.36. The number of hydrogen-bond acceptors (Lipinski definition) is 5. The van der Waals surface area contributed by atoms with Crippen molar-refractivity contribution in [2.45, 2.75) is 18.4 Å². The molecule has 0 radical (unpaired) electrons. The molecule has 0 saturated carbocycles. The van der Waals surface area contributed by atoms with Crippen LogP contribution < -0.4 is 11.5 Å². The van der Waals surface area contributed by atoms with Crippen LogP contribution in [-0.4, -0.2) is 55.2 Å². The number of hydrogen-bond donors (Lipinski definition) is 2. The molecule has 0 aliphatic carbocycles. The van der Waals surface area contributed by atoms with Gasteiger partial charge >= 0.3 is 0 Å². The number of nitrogens with two attached hydrogens (primary N) is 2. The second kappa shape index (κ2) is 6.03. The number of nitrogens with zero attached hydrogens (tertiary/aromatic N) is 2. The molecule has 0 aromatic carbocycles. The van der Waals surface area contributed by atoms with Crippen molar-refractivity contribution in [2.75, 3.05) is 39.8 Å². The Morgan fingerprint density at radius 2 is 1.89 bits per heavy atom. The van der Waals surface area contributed by atoms with E-state index in [0.717, 1.165) is 45.6 Å². The van der Waals surface area contributed by atoms with Crippen molar-refractivity contribution in [1.29, 1.82) is 0 Å². The van der Waals surface area contributed by atoms with Gasteiger partial charge in [0.05, 0.1) is 23.2 Å². The van der Waals surface area contributed by atoms with Gasteiger partial charge in [0.1, 0.15) is 0 Å². The molecule has 2 saturated heterocycles. The Hall–Kier alpha value is -0.910. The van der Waals surface area contributed by atoms with Crippen molar-refractivity contribution >= 4 is 11.6 Å². The number of allylic oxidation sites excluding steroid dienone is 2. The zero-order valence-electron chi connectivity index (χ0n) is 11.4. The van der Waals surface area contributed by atoms with Crippen LogP contribution in [0, 0.1) is 0 Å². The second-order valence-electron chi connectivity index (χ2n) is 5.40. The highest BCUT2D eigenvalue weighted by molar-refractivity contribution is 6.29. The third kappa shape index (κ3) is 3.78. The summed E-state index contributed by atoms with van der Waals surface area (Å²) in [7, 11) is 2.15. The molecule has 5 nitrogen and oxygen atoms in total. The summed E-state index contributed by atoms with van der Waals surface area (Å²) in [5, 5.41) is 0.244. The quantitative estimate of drug-likeness (QED) is 0.575. The van der Waals surface area contributed by atoms with Gasteiger partial charge in [-0.3, -0.25) is 0 Å². The maximum Gasteiger partial charge on any atom is 0.0993 e. The smallest absolute Gasteiger partial charge is 0.0993 e. The van der Waals surface area contributed by atoms with E-state index in [2.05, 4.69) is 16.8 Å². The third-order valence-corrected chi connectivity index (χ3v) is 4.02. The maximum absolute atomic E-state index is 6.02. The normalized spacial score (nSPS) is 25.9. The highest BCUT2D eigenvalue weighted by atomic mass is 35.5. The lowest BCUT2D eigenvalue weighted by atomic mass is 9.89. The molecule has 0 unspecified atom stereocenters. The maximum atomic E-state index is 6.02. The SMILES string of the molecule is CN1CCOC2(CCN(/C(N)=C/C=C(\N)Cl)CC2)C1. The molecule has 2 heterocycles. The van der Waals surface area contributed by atoms with Gasteiger partial charge in [-0.25, -0.2) is 0 Å². The fraction of sp³-hybridized carbons (Fsp3) is 0.692. The summed E-state index contributed by atoms with van der Waals surface area (Å²) in [5.41, 5.74) is 11.4. The number of likely N-dealkylation sites (N-methyl/N-ethyl adjacent to an activating group) is 1. The Labute approximate surface area is 119 Å². The van der Waals surface area contributed by atoms with E-state index in [0.29, 0.717) is 5.82 Å². The Balaban J connectivity index is 1.91. The lowest BCUT2D eigenvalue weighted by molar-refractivity contribution is -0.128. The molecule has 2 aliphatic heterocycles. The number of halogens is 1. The summed E-state index contributed by atoms with van der Waals surface area (Å²) in [6.45, 7) is 4.68. The monoisotopic (exact) mass is 286 g/mol. The van der Waals surface area contributed by atoms with Gasteiger partial charge in [-0.15, -0.1) is 0 Å². The minimum Gasteiger partial charge on any atom is -0.389 e. The number of likely N-dealkylation sites (tertiary alicyclic amines) is 1. The largest absolute Gasteiger partial charge is 0.389 e. The van der Waals surface area contributed by atoms with E-state index in [1.54, 1.807) is 12.2 Å². The molecular formula is C13H23ClN4O. The first-order valence-electron chi connectivity index (χ1n) is 6.67. The first-order chi connectivity index (χ1) is 9.01. The van der Waals surface area contributed by atoms with Gasteiger partial charge in [0.2, 0.25) is 0 Å². The Bertz CT molecular complexity index is 371. The van der Waals surface area contributed by atoms with E-state index in [1.807, 2.05) is 0 Å². The third-order valence-electron chi connectivity index (χ3n) is 3.89. The molecule has 4 N–H and O–H groups in total. The average molecular weight is 287 g/mol. The topological polar surface area (TPSA) is 67.8 Å². The molecule has 1 spiro atoms. The lowest BCUT2D eigenvalue weighted by Crippen LogP contribution is -2.56. The molecule has 2 aliphatic rings. The molecule has 0 amide bonds. The predicted octanol–water partition coefficient (Wildman–Crippen LogP) is 0.622. The first kappa shape index (κ1) is 14.5. The standard InChI is InChI=1S/C13H23ClN4O/c1-17-8-9-19-13(10-17)4-6-18(7-5-13)12(16)3-2-11(14)15/h2-3H,4-10,15-16H2,1H3/b11-2-,12-3+. The molecule has 0 aromatic rings. The van der Waals surface area contributed by atoms with E-state index in [9.17, 15) is 0 Å². The summed E-state index contributed by atoms with van der Waals surface area (Å²) in [6, 6.07) is 0. The zero-order valence-corrected chi connectivity index (χ0v) is 12.2. The summed E-state index contributed by atoms with van der Waals surface area (Å²) < 4.78 is 6.02.